The molecule has 0 fully saturated rings. The van der Waals surface area contributed by atoms with Crippen molar-refractivity contribution in [3.05, 3.63) is 28.8 Å². The number of thioether (sulfide) groups is 1. The summed E-state index contributed by atoms with van der Waals surface area (Å²) < 4.78 is 0. The van der Waals surface area contributed by atoms with Crippen molar-refractivity contribution in [2.24, 2.45) is 4.99 Å². The number of hydrogen-bond acceptors (Lipinski definition) is 4. The highest BCUT2D eigenvalue weighted by Crippen LogP contribution is 2.22. The molecule has 1 aliphatic rings. The molecule has 0 radical (unpaired) electrons. The lowest BCUT2D eigenvalue weighted by Gasteiger charge is -2.05. The van der Waals surface area contributed by atoms with Gasteiger partial charge >= 0.3 is 0 Å². The van der Waals surface area contributed by atoms with Crippen molar-refractivity contribution in [1.82, 2.24) is 0 Å². The second kappa shape index (κ2) is 4.56. The van der Waals surface area contributed by atoms with Gasteiger partial charge in [-0.05, 0) is 18.2 Å². The first-order valence-corrected chi connectivity index (χ1v) is 5.80. The summed E-state index contributed by atoms with van der Waals surface area (Å²) in [6.45, 7) is 0.858. The maximum Gasteiger partial charge on any atom is 0.161 e. The average molecular weight is 238 g/mol. The molecule has 1 heterocycles. The van der Waals surface area contributed by atoms with Gasteiger partial charge in [-0.2, -0.15) is 5.26 Å². The largest absolute Gasteiger partial charge is 0.335 e. The van der Waals surface area contributed by atoms with Gasteiger partial charge in [0.1, 0.15) is 6.07 Å². The number of aliphatic imine (C=N–C) groups is 1. The van der Waals surface area contributed by atoms with Crippen LogP contribution in [0.2, 0.25) is 5.02 Å². The molecule has 0 unspecified atom stereocenters. The van der Waals surface area contributed by atoms with Gasteiger partial charge in [0.15, 0.2) is 5.17 Å². The molecule has 0 atom stereocenters. The van der Waals surface area contributed by atoms with Crippen LogP contribution in [0.25, 0.3) is 0 Å². The number of nitriles is 1. The van der Waals surface area contributed by atoms with Gasteiger partial charge in [-0.3, -0.25) is 4.99 Å². The Morgan fingerprint density at radius 3 is 3.00 bits per heavy atom. The van der Waals surface area contributed by atoms with Gasteiger partial charge < -0.3 is 5.32 Å². The van der Waals surface area contributed by atoms with Crippen LogP contribution in [0, 0.1) is 11.3 Å². The SMILES string of the molecule is N#Cc1ccc(NC2=NCCS2)cc1Cl. The van der Waals surface area contributed by atoms with Crippen LogP contribution in [0.4, 0.5) is 5.69 Å². The molecule has 1 aromatic carbocycles. The topological polar surface area (TPSA) is 48.2 Å². The van der Waals surface area contributed by atoms with Crippen LogP contribution < -0.4 is 5.32 Å². The second-order valence-corrected chi connectivity index (χ2v) is 4.46. The number of nitrogens with zero attached hydrogens (tertiary/aromatic N) is 2. The Morgan fingerprint density at radius 2 is 2.40 bits per heavy atom. The molecule has 0 saturated heterocycles. The van der Waals surface area contributed by atoms with Gasteiger partial charge in [-0.1, -0.05) is 23.4 Å². The van der Waals surface area contributed by atoms with Crippen LogP contribution in [0.1, 0.15) is 5.56 Å². The number of amidine groups is 1. The Bertz CT molecular complexity index is 450. The molecular weight excluding hydrogens is 230 g/mol. The Balaban J connectivity index is 2.16. The van der Waals surface area contributed by atoms with Crippen molar-refractivity contribution in [2.75, 3.05) is 17.6 Å². The molecule has 1 N–H and O–H groups in total. The number of anilines is 1. The Hall–Kier alpha value is -1.18. The van der Waals surface area contributed by atoms with Crippen LogP contribution in [0.5, 0.6) is 0 Å². The number of nitrogens with one attached hydrogen (secondary N) is 1. The van der Waals surface area contributed by atoms with E-state index in [1.54, 1.807) is 23.9 Å². The second-order valence-electron chi connectivity index (χ2n) is 2.97. The summed E-state index contributed by atoms with van der Waals surface area (Å²) in [5, 5.41) is 13.2. The average Bonchev–Trinajstić information content (AvgIpc) is 2.71. The normalized spacial score (nSPS) is 14.5. The molecule has 0 saturated carbocycles. The van der Waals surface area contributed by atoms with Gasteiger partial charge in [0.05, 0.1) is 17.1 Å². The van der Waals surface area contributed by atoms with Crippen LogP contribution in [-0.4, -0.2) is 17.5 Å². The zero-order chi connectivity index (χ0) is 10.7. The van der Waals surface area contributed by atoms with Crippen molar-refractivity contribution >= 4 is 34.2 Å². The Kier molecular flexibility index (Phi) is 3.14. The highest BCUT2D eigenvalue weighted by molar-refractivity contribution is 8.14. The molecule has 76 valence electrons. The molecule has 1 aliphatic heterocycles. The van der Waals surface area contributed by atoms with Crippen molar-refractivity contribution in [3.8, 4) is 6.07 Å². The predicted molar refractivity (Wildman–Crippen MR) is 64.5 cm³/mol. The van der Waals surface area contributed by atoms with Crippen LogP contribution >= 0.6 is 23.4 Å². The van der Waals surface area contributed by atoms with E-state index in [1.165, 1.54) is 0 Å². The third-order valence-electron chi connectivity index (χ3n) is 1.93. The maximum absolute atomic E-state index is 8.71. The van der Waals surface area contributed by atoms with Gasteiger partial charge in [0.25, 0.3) is 0 Å². The number of halogens is 1. The van der Waals surface area contributed by atoms with Gasteiger partial charge in [0.2, 0.25) is 0 Å². The molecule has 1 aromatic rings. The van der Waals surface area contributed by atoms with Crippen molar-refractivity contribution in [2.45, 2.75) is 0 Å². The van der Waals surface area contributed by atoms with Crippen LogP contribution in [0.15, 0.2) is 23.2 Å². The first-order chi connectivity index (χ1) is 7.29. The highest BCUT2D eigenvalue weighted by atomic mass is 35.5. The summed E-state index contributed by atoms with van der Waals surface area (Å²) >= 11 is 7.59. The van der Waals surface area contributed by atoms with E-state index >= 15 is 0 Å². The molecule has 0 aromatic heterocycles. The minimum absolute atomic E-state index is 0.464. The zero-order valence-corrected chi connectivity index (χ0v) is 9.40. The first kappa shape index (κ1) is 10.3. The molecule has 2 rings (SSSR count). The standard InChI is InChI=1S/C10H8ClN3S/c11-9-5-8(2-1-7(9)6-12)14-10-13-3-4-15-10/h1-2,5H,3-4H2,(H,13,14). The fourth-order valence-electron chi connectivity index (χ4n) is 1.22. The van der Waals surface area contributed by atoms with E-state index in [2.05, 4.69) is 10.3 Å². The fourth-order valence-corrected chi connectivity index (χ4v) is 2.19. The minimum atomic E-state index is 0.464. The first-order valence-electron chi connectivity index (χ1n) is 4.43. The van der Waals surface area contributed by atoms with E-state index in [1.807, 2.05) is 12.1 Å². The highest BCUT2D eigenvalue weighted by Gasteiger charge is 2.07. The molecular formula is C10H8ClN3S. The third kappa shape index (κ3) is 2.44. The molecule has 0 aliphatic carbocycles. The summed E-state index contributed by atoms with van der Waals surface area (Å²) in [6, 6.07) is 7.28. The zero-order valence-electron chi connectivity index (χ0n) is 7.83. The molecule has 0 spiro atoms. The minimum Gasteiger partial charge on any atom is -0.335 e. The van der Waals surface area contributed by atoms with Crippen molar-refractivity contribution in [3.63, 3.8) is 0 Å². The smallest absolute Gasteiger partial charge is 0.161 e. The number of rotatable bonds is 1. The Morgan fingerprint density at radius 1 is 1.53 bits per heavy atom. The molecule has 3 nitrogen and oxygen atoms in total. The summed E-state index contributed by atoms with van der Waals surface area (Å²) in [6.07, 6.45) is 0. The predicted octanol–water partition coefficient (Wildman–Crippen LogP) is 2.73. The van der Waals surface area contributed by atoms with Crippen LogP contribution in [0.3, 0.4) is 0 Å². The van der Waals surface area contributed by atoms with Crippen molar-refractivity contribution in [1.29, 1.82) is 5.26 Å². The lowest BCUT2D eigenvalue weighted by atomic mass is 10.2. The summed E-state index contributed by atoms with van der Waals surface area (Å²) in [5.74, 6) is 1.02. The lowest BCUT2D eigenvalue weighted by Crippen LogP contribution is -2.04. The number of benzene rings is 1. The van der Waals surface area contributed by atoms with E-state index in [0.717, 1.165) is 23.2 Å². The van der Waals surface area contributed by atoms with Crippen molar-refractivity contribution < 1.29 is 0 Å². The van der Waals surface area contributed by atoms with Gasteiger partial charge in [0, 0.05) is 11.4 Å². The lowest BCUT2D eigenvalue weighted by molar-refractivity contribution is 1.17. The monoisotopic (exact) mass is 237 g/mol. The van der Waals surface area contributed by atoms with E-state index in [-0.39, 0.29) is 0 Å². The van der Waals surface area contributed by atoms with Gasteiger partial charge in [-0.25, -0.2) is 0 Å². The van der Waals surface area contributed by atoms with Gasteiger partial charge in [-0.15, -0.1) is 0 Å². The van der Waals surface area contributed by atoms with E-state index < -0.39 is 0 Å². The molecule has 0 bridgehead atoms. The van der Waals surface area contributed by atoms with E-state index in [0.29, 0.717) is 10.6 Å². The summed E-state index contributed by atoms with van der Waals surface area (Å²) in [5.41, 5.74) is 1.36. The molecule has 15 heavy (non-hydrogen) atoms. The molecule has 0 amide bonds. The summed E-state index contributed by atoms with van der Waals surface area (Å²) in [7, 11) is 0. The fraction of sp³-hybridized carbons (Fsp3) is 0.200. The van der Waals surface area contributed by atoms with E-state index in [9.17, 15) is 0 Å². The maximum atomic E-state index is 8.71. The quantitative estimate of drug-likeness (QED) is 0.817. The number of hydrogen-bond donors (Lipinski definition) is 1. The third-order valence-corrected chi connectivity index (χ3v) is 3.13. The Labute approximate surface area is 97.1 Å². The molecule has 5 heteroatoms. The van der Waals surface area contributed by atoms with E-state index in [4.69, 9.17) is 16.9 Å². The summed E-state index contributed by atoms with van der Waals surface area (Å²) in [4.78, 5) is 4.26. The van der Waals surface area contributed by atoms with Crippen LogP contribution in [-0.2, 0) is 0 Å².